The number of rotatable bonds is 5. The zero-order valence-corrected chi connectivity index (χ0v) is 28.7. The Morgan fingerprint density at radius 3 is 2.23 bits per heavy atom. The summed E-state index contributed by atoms with van der Waals surface area (Å²) < 4.78 is 37.8. The van der Waals surface area contributed by atoms with Crippen molar-refractivity contribution in [1.82, 2.24) is 19.7 Å². The number of hydrogen-bond donors (Lipinski definition) is 1. The van der Waals surface area contributed by atoms with Crippen molar-refractivity contribution in [2.75, 3.05) is 58.3 Å². The molecule has 252 valence electrons. The number of piperazine rings is 1. The third-order valence-electron chi connectivity index (χ3n) is 8.39. The largest absolute Gasteiger partial charge is 0.444 e. The van der Waals surface area contributed by atoms with Crippen molar-refractivity contribution in [2.24, 2.45) is 5.92 Å². The molecule has 1 fully saturated rings. The van der Waals surface area contributed by atoms with Crippen molar-refractivity contribution in [3.05, 3.63) is 58.3 Å². The van der Waals surface area contributed by atoms with Crippen LogP contribution in [0.4, 0.5) is 19.3 Å². The van der Waals surface area contributed by atoms with Crippen molar-refractivity contribution >= 4 is 51.7 Å². The van der Waals surface area contributed by atoms with Crippen LogP contribution in [0.5, 0.6) is 0 Å². The Kier molecular flexibility index (Phi) is 9.59. The number of hydrogen-bond acceptors (Lipinski definition) is 5. The second-order valence-electron chi connectivity index (χ2n) is 13.6. The van der Waals surface area contributed by atoms with E-state index in [9.17, 15) is 14.4 Å². The summed E-state index contributed by atoms with van der Waals surface area (Å²) in [7, 11) is 3.20. The maximum atomic E-state index is 16.3. The topological polar surface area (TPSA) is 89.2 Å². The number of ether oxygens (including phenoxy) is 1. The van der Waals surface area contributed by atoms with Gasteiger partial charge in [-0.1, -0.05) is 31.5 Å². The Bertz CT molecular complexity index is 1750. The van der Waals surface area contributed by atoms with Gasteiger partial charge in [-0.15, -0.1) is 0 Å². The van der Waals surface area contributed by atoms with Crippen molar-refractivity contribution in [1.29, 1.82) is 0 Å². The Labute approximate surface area is 279 Å². The maximum Gasteiger partial charge on any atom is 0.410 e. The van der Waals surface area contributed by atoms with E-state index in [2.05, 4.69) is 4.98 Å². The Hall–Kier alpha value is -4.12. The van der Waals surface area contributed by atoms with Gasteiger partial charge in [0.2, 0.25) is 5.91 Å². The molecule has 2 aromatic carbocycles. The van der Waals surface area contributed by atoms with Crippen molar-refractivity contribution in [2.45, 2.75) is 46.6 Å². The molecule has 3 aromatic rings. The summed E-state index contributed by atoms with van der Waals surface area (Å²) in [6.07, 6.45) is 2.06. The van der Waals surface area contributed by atoms with Crippen molar-refractivity contribution in [3.8, 4) is 11.1 Å². The molecule has 0 aliphatic carbocycles. The van der Waals surface area contributed by atoms with E-state index >= 15 is 8.78 Å². The predicted octanol–water partition coefficient (Wildman–Crippen LogP) is 6.80. The number of aromatic amines is 1. The number of fused-ring (bicyclic) bond motifs is 1. The van der Waals surface area contributed by atoms with E-state index in [0.29, 0.717) is 61.2 Å². The van der Waals surface area contributed by atoms with Crippen LogP contribution in [0.2, 0.25) is 5.02 Å². The highest BCUT2D eigenvalue weighted by Crippen LogP contribution is 2.41. The summed E-state index contributed by atoms with van der Waals surface area (Å²) in [4.78, 5) is 47.7. The van der Waals surface area contributed by atoms with Crippen LogP contribution in [0.3, 0.4) is 0 Å². The van der Waals surface area contributed by atoms with Crippen LogP contribution in [-0.2, 0) is 9.53 Å². The number of amides is 3. The fraction of sp³-hybridized carbons (Fsp3) is 0.457. The zero-order valence-electron chi connectivity index (χ0n) is 28.0. The molecule has 1 aromatic heterocycles. The fourth-order valence-electron chi connectivity index (χ4n) is 6.01. The fourth-order valence-corrected chi connectivity index (χ4v) is 6.27. The summed E-state index contributed by atoms with van der Waals surface area (Å²) in [5.74, 6) is -1.68. The summed E-state index contributed by atoms with van der Waals surface area (Å²) in [5.41, 5.74) is 1.59. The number of aromatic nitrogens is 1. The second-order valence-corrected chi connectivity index (χ2v) is 14.0. The van der Waals surface area contributed by atoms with E-state index in [4.69, 9.17) is 16.3 Å². The molecule has 0 spiro atoms. The van der Waals surface area contributed by atoms with Crippen LogP contribution in [0.15, 0.2) is 30.3 Å². The van der Waals surface area contributed by atoms with Gasteiger partial charge in [-0.25, -0.2) is 13.6 Å². The first kappa shape index (κ1) is 34.2. The number of halogens is 3. The first-order valence-corrected chi connectivity index (χ1v) is 16.2. The summed E-state index contributed by atoms with van der Waals surface area (Å²) in [6.45, 7) is 11.3. The van der Waals surface area contributed by atoms with Crippen molar-refractivity contribution < 1.29 is 27.9 Å². The van der Waals surface area contributed by atoms with E-state index in [-0.39, 0.29) is 51.8 Å². The van der Waals surface area contributed by atoms with Gasteiger partial charge in [0.15, 0.2) is 5.82 Å². The molecule has 12 heteroatoms. The first-order valence-electron chi connectivity index (χ1n) is 15.8. The predicted molar refractivity (Wildman–Crippen MR) is 181 cm³/mol. The third kappa shape index (κ3) is 7.10. The van der Waals surface area contributed by atoms with Crippen LogP contribution in [0.1, 0.15) is 57.1 Å². The van der Waals surface area contributed by atoms with Gasteiger partial charge >= 0.3 is 6.09 Å². The van der Waals surface area contributed by atoms with Gasteiger partial charge in [-0.05, 0) is 62.6 Å². The Balaban J connectivity index is 1.54. The van der Waals surface area contributed by atoms with E-state index in [1.54, 1.807) is 62.9 Å². The lowest BCUT2D eigenvalue weighted by molar-refractivity contribution is -0.133. The van der Waals surface area contributed by atoms with Crippen LogP contribution in [-0.4, -0.2) is 96.6 Å². The molecule has 0 unspecified atom stereocenters. The van der Waals surface area contributed by atoms with Gasteiger partial charge in [0.25, 0.3) is 5.91 Å². The molecule has 0 saturated carbocycles. The minimum Gasteiger partial charge on any atom is -0.444 e. The molecule has 1 saturated heterocycles. The van der Waals surface area contributed by atoms with Crippen LogP contribution >= 0.6 is 11.6 Å². The highest BCUT2D eigenvalue weighted by Gasteiger charge is 2.29. The molecule has 0 radical (unpaired) electrons. The quantitative estimate of drug-likeness (QED) is 0.323. The van der Waals surface area contributed by atoms with Gasteiger partial charge in [-0.3, -0.25) is 9.59 Å². The lowest BCUT2D eigenvalue weighted by Gasteiger charge is -2.37. The number of carbonyl (C=O) groups excluding carboxylic acids is 3. The Morgan fingerprint density at radius 1 is 0.936 bits per heavy atom. The van der Waals surface area contributed by atoms with E-state index < -0.39 is 23.3 Å². The molecule has 0 atom stereocenters. The number of anilines is 1. The first-order chi connectivity index (χ1) is 22.1. The molecule has 2 aliphatic rings. The number of nitrogens with zero attached hydrogens (tertiary/aromatic N) is 4. The average Bonchev–Trinajstić information content (AvgIpc) is 3.47. The highest BCUT2D eigenvalue weighted by molar-refractivity contribution is 6.34. The van der Waals surface area contributed by atoms with Crippen LogP contribution < -0.4 is 4.90 Å². The summed E-state index contributed by atoms with van der Waals surface area (Å²) in [5, 5.41) is 0.619. The summed E-state index contributed by atoms with van der Waals surface area (Å²) >= 11 is 6.88. The lowest BCUT2D eigenvalue weighted by Crippen LogP contribution is -2.50. The molecule has 3 amide bonds. The lowest BCUT2D eigenvalue weighted by atomic mass is 9.92. The minimum atomic E-state index is -0.617. The molecule has 0 bridgehead atoms. The molecule has 9 nitrogen and oxygen atoms in total. The molecule has 2 aliphatic heterocycles. The molecular weight excluding hydrogens is 628 g/mol. The van der Waals surface area contributed by atoms with Crippen LogP contribution in [0.25, 0.3) is 27.6 Å². The van der Waals surface area contributed by atoms with E-state index in [1.807, 2.05) is 24.8 Å². The molecular formula is C35H42ClF2N5O4. The van der Waals surface area contributed by atoms with E-state index in [0.717, 1.165) is 0 Å². The number of H-pyrrole nitrogens is 1. The number of carbonyl (C=O) groups is 3. The van der Waals surface area contributed by atoms with Gasteiger partial charge in [0.1, 0.15) is 17.1 Å². The minimum absolute atomic E-state index is 0.0244. The molecule has 3 heterocycles. The highest BCUT2D eigenvalue weighted by atomic mass is 35.5. The smallest absolute Gasteiger partial charge is 0.410 e. The monoisotopic (exact) mass is 669 g/mol. The number of benzene rings is 2. The average molecular weight is 670 g/mol. The van der Waals surface area contributed by atoms with Gasteiger partial charge in [0, 0.05) is 75.8 Å². The van der Waals surface area contributed by atoms with Gasteiger partial charge in [-0.2, -0.15) is 0 Å². The standard InChI is InChI=1S/C35H42ClF2N5O4/c1-20(2)32(44)43-10-8-9-21(19-43)22-15-23(25-17-28(33(45)40(6)7)39-31(25)30(22)38)24-16-27(37)29(18-26(24)36)41-11-13-42(14-12-41)34(46)47-35(3,4)5/h9,15-18,20,39H,8,10-14,19H2,1-7H3. The van der Waals surface area contributed by atoms with Gasteiger partial charge in [0.05, 0.1) is 16.2 Å². The maximum absolute atomic E-state index is 16.3. The molecule has 5 rings (SSSR count). The third-order valence-corrected chi connectivity index (χ3v) is 8.70. The second kappa shape index (κ2) is 13.2. The van der Waals surface area contributed by atoms with Crippen LogP contribution in [0, 0.1) is 17.6 Å². The zero-order chi connectivity index (χ0) is 34.4. The number of nitrogens with one attached hydrogen (secondary N) is 1. The summed E-state index contributed by atoms with van der Waals surface area (Å²) in [6, 6.07) is 6.07. The Morgan fingerprint density at radius 2 is 1.62 bits per heavy atom. The normalized spacial score (nSPS) is 15.7. The van der Waals surface area contributed by atoms with Gasteiger partial charge < -0.3 is 29.3 Å². The van der Waals surface area contributed by atoms with Crippen molar-refractivity contribution in [3.63, 3.8) is 0 Å². The molecule has 1 N–H and O–H groups in total. The molecule has 47 heavy (non-hydrogen) atoms. The van der Waals surface area contributed by atoms with E-state index in [1.165, 1.54) is 11.0 Å². The SMILES string of the molecule is CC(C)C(=O)N1CCC=C(c2cc(-c3cc(F)c(N4CCN(C(=O)OC(C)(C)C)CC4)cc3Cl)c3cc(C(=O)N(C)C)[nH]c3c2F)C1.